The van der Waals surface area contributed by atoms with Crippen LogP contribution in [-0.4, -0.2) is 25.1 Å². The number of nitrogens with one attached hydrogen (secondary N) is 2. The lowest BCUT2D eigenvalue weighted by atomic mass is 10.0. The summed E-state index contributed by atoms with van der Waals surface area (Å²) in [5, 5.41) is 14.1. The Bertz CT molecular complexity index is 1250. The van der Waals surface area contributed by atoms with Crippen LogP contribution in [0.15, 0.2) is 67.3 Å². The molecule has 3 aromatic heterocycles. The number of H-pyrrole nitrogens is 1. The first kappa shape index (κ1) is 15.7. The summed E-state index contributed by atoms with van der Waals surface area (Å²) >= 11 is 6.00. The third kappa shape index (κ3) is 2.76. The fraction of sp³-hybridized carbons (Fsp3) is 0. The average Bonchev–Trinajstić information content (AvgIpc) is 3.24. The molecule has 3 heterocycles. The summed E-state index contributed by atoms with van der Waals surface area (Å²) in [4.78, 5) is 13.5. The normalized spacial score (nSPS) is 11.1. The summed E-state index contributed by atoms with van der Waals surface area (Å²) in [6.45, 7) is 0. The number of nitrogens with zero attached hydrogens (tertiary/aromatic N) is 4. The molecule has 0 saturated heterocycles. The Morgan fingerprint density at radius 2 is 1.81 bits per heavy atom. The van der Waals surface area contributed by atoms with Crippen LogP contribution in [0.25, 0.3) is 33.1 Å². The fourth-order valence-electron chi connectivity index (χ4n) is 3.15. The Labute approximate surface area is 159 Å². The molecule has 27 heavy (non-hydrogen) atoms. The monoisotopic (exact) mass is 372 g/mol. The largest absolute Gasteiger partial charge is 0.340 e. The van der Waals surface area contributed by atoms with Gasteiger partial charge in [-0.3, -0.25) is 10.1 Å². The number of para-hydroxylation sites is 1. The SMILES string of the molecule is Clc1ccc(Nc2nc3c(-c4nc[nH]n4)cccc3c3cnccc23)cc1. The van der Waals surface area contributed by atoms with E-state index in [4.69, 9.17) is 16.6 Å². The van der Waals surface area contributed by atoms with E-state index in [0.717, 1.165) is 38.7 Å². The molecule has 0 spiro atoms. The lowest BCUT2D eigenvalue weighted by Gasteiger charge is -2.13. The summed E-state index contributed by atoms with van der Waals surface area (Å²) in [7, 11) is 0. The van der Waals surface area contributed by atoms with Gasteiger partial charge in [-0.1, -0.05) is 23.7 Å². The Balaban J connectivity index is 1.78. The van der Waals surface area contributed by atoms with Crippen LogP contribution in [0, 0.1) is 0 Å². The van der Waals surface area contributed by atoms with Crippen LogP contribution in [0.4, 0.5) is 11.5 Å². The van der Waals surface area contributed by atoms with E-state index in [9.17, 15) is 0 Å². The number of aromatic nitrogens is 5. The summed E-state index contributed by atoms with van der Waals surface area (Å²) in [5.41, 5.74) is 2.58. The van der Waals surface area contributed by atoms with Gasteiger partial charge in [0.25, 0.3) is 0 Å². The molecule has 0 atom stereocenters. The van der Waals surface area contributed by atoms with Crippen LogP contribution >= 0.6 is 11.6 Å². The van der Waals surface area contributed by atoms with Crippen molar-refractivity contribution in [2.45, 2.75) is 0 Å². The van der Waals surface area contributed by atoms with Crippen LogP contribution in [0.1, 0.15) is 0 Å². The molecule has 0 aliphatic rings. The van der Waals surface area contributed by atoms with E-state index in [1.807, 2.05) is 54.7 Å². The highest BCUT2D eigenvalue weighted by atomic mass is 35.5. The Kier molecular flexibility index (Phi) is 3.69. The summed E-state index contributed by atoms with van der Waals surface area (Å²) in [5.74, 6) is 1.35. The predicted octanol–water partition coefficient (Wildman–Crippen LogP) is 4.97. The number of hydrogen-bond acceptors (Lipinski definition) is 5. The van der Waals surface area contributed by atoms with Crippen molar-refractivity contribution >= 4 is 44.8 Å². The molecule has 5 rings (SSSR count). The summed E-state index contributed by atoms with van der Waals surface area (Å²) in [6, 6.07) is 15.5. The van der Waals surface area contributed by atoms with Gasteiger partial charge in [0.2, 0.25) is 0 Å². The van der Waals surface area contributed by atoms with Crippen molar-refractivity contribution in [3.8, 4) is 11.4 Å². The van der Waals surface area contributed by atoms with E-state index in [0.29, 0.717) is 10.8 Å². The van der Waals surface area contributed by atoms with E-state index in [1.165, 1.54) is 0 Å². The highest BCUT2D eigenvalue weighted by molar-refractivity contribution is 6.30. The van der Waals surface area contributed by atoms with Crippen molar-refractivity contribution < 1.29 is 0 Å². The topological polar surface area (TPSA) is 79.4 Å². The van der Waals surface area contributed by atoms with Crippen molar-refractivity contribution in [3.05, 3.63) is 72.3 Å². The van der Waals surface area contributed by atoms with E-state index >= 15 is 0 Å². The molecule has 7 heteroatoms. The minimum Gasteiger partial charge on any atom is -0.340 e. The number of benzene rings is 2. The van der Waals surface area contributed by atoms with Gasteiger partial charge in [0.15, 0.2) is 5.82 Å². The molecule has 0 amide bonds. The second kappa shape index (κ2) is 6.34. The number of rotatable bonds is 3. The van der Waals surface area contributed by atoms with Crippen LogP contribution in [0.2, 0.25) is 5.02 Å². The first-order valence-corrected chi connectivity index (χ1v) is 8.72. The number of anilines is 2. The van der Waals surface area contributed by atoms with Crippen molar-refractivity contribution in [1.29, 1.82) is 0 Å². The third-order valence-electron chi connectivity index (χ3n) is 4.39. The van der Waals surface area contributed by atoms with Gasteiger partial charge in [-0.05, 0) is 36.4 Å². The maximum atomic E-state index is 6.00. The van der Waals surface area contributed by atoms with Gasteiger partial charge >= 0.3 is 0 Å². The summed E-state index contributed by atoms with van der Waals surface area (Å²) < 4.78 is 0. The number of aromatic amines is 1. The zero-order chi connectivity index (χ0) is 18.2. The standard InChI is InChI=1S/C20H13ClN6/c21-12-4-6-13(7-5-12)25-20-15-8-9-22-10-17(15)14-2-1-3-16(18(14)26-20)19-23-11-24-27-19/h1-11H,(H,25,26)(H,23,24,27). The minimum atomic E-state index is 0.605. The molecule has 0 aliphatic carbocycles. The van der Waals surface area contributed by atoms with E-state index in [1.54, 1.807) is 12.5 Å². The average molecular weight is 373 g/mol. The highest BCUT2D eigenvalue weighted by Crippen LogP contribution is 2.34. The quantitative estimate of drug-likeness (QED) is 0.437. The van der Waals surface area contributed by atoms with Gasteiger partial charge < -0.3 is 5.32 Å². The molecule has 0 fully saturated rings. The van der Waals surface area contributed by atoms with Gasteiger partial charge in [-0.15, -0.1) is 0 Å². The van der Waals surface area contributed by atoms with Crippen LogP contribution in [0.5, 0.6) is 0 Å². The second-order valence-electron chi connectivity index (χ2n) is 6.04. The Hall–Kier alpha value is -3.51. The van der Waals surface area contributed by atoms with Crippen LogP contribution in [-0.2, 0) is 0 Å². The third-order valence-corrected chi connectivity index (χ3v) is 4.64. The molecule has 0 saturated carbocycles. The Morgan fingerprint density at radius 3 is 2.63 bits per heavy atom. The molecule has 5 aromatic rings. The Morgan fingerprint density at radius 1 is 0.926 bits per heavy atom. The van der Waals surface area contributed by atoms with Gasteiger partial charge in [0, 0.05) is 44.8 Å². The molecule has 6 nitrogen and oxygen atoms in total. The maximum absolute atomic E-state index is 6.00. The van der Waals surface area contributed by atoms with E-state index in [2.05, 4.69) is 25.5 Å². The second-order valence-corrected chi connectivity index (χ2v) is 6.47. The molecule has 0 radical (unpaired) electrons. The molecule has 130 valence electrons. The molecular formula is C20H13ClN6. The highest BCUT2D eigenvalue weighted by Gasteiger charge is 2.14. The first-order valence-electron chi connectivity index (χ1n) is 8.35. The predicted molar refractivity (Wildman–Crippen MR) is 107 cm³/mol. The van der Waals surface area contributed by atoms with Gasteiger partial charge in [0.1, 0.15) is 12.1 Å². The van der Waals surface area contributed by atoms with Gasteiger partial charge in [0.05, 0.1) is 5.52 Å². The fourth-order valence-corrected chi connectivity index (χ4v) is 3.28. The van der Waals surface area contributed by atoms with Crippen molar-refractivity contribution in [3.63, 3.8) is 0 Å². The minimum absolute atomic E-state index is 0.605. The van der Waals surface area contributed by atoms with Crippen LogP contribution in [0.3, 0.4) is 0 Å². The van der Waals surface area contributed by atoms with Crippen LogP contribution < -0.4 is 5.32 Å². The molecule has 0 bridgehead atoms. The molecule has 2 aromatic carbocycles. The summed E-state index contributed by atoms with van der Waals surface area (Å²) in [6.07, 6.45) is 5.18. The first-order chi connectivity index (χ1) is 13.3. The van der Waals surface area contributed by atoms with Gasteiger partial charge in [-0.25, -0.2) is 9.97 Å². The van der Waals surface area contributed by atoms with E-state index < -0.39 is 0 Å². The molecule has 0 unspecified atom stereocenters. The smallest absolute Gasteiger partial charge is 0.183 e. The molecule has 2 N–H and O–H groups in total. The zero-order valence-electron chi connectivity index (χ0n) is 14.0. The maximum Gasteiger partial charge on any atom is 0.183 e. The number of fused-ring (bicyclic) bond motifs is 3. The number of hydrogen-bond donors (Lipinski definition) is 2. The zero-order valence-corrected chi connectivity index (χ0v) is 14.8. The van der Waals surface area contributed by atoms with Gasteiger partial charge in [-0.2, -0.15) is 5.10 Å². The molecule has 0 aliphatic heterocycles. The lowest BCUT2D eigenvalue weighted by Crippen LogP contribution is -1.98. The lowest BCUT2D eigenvalue weighted by molar-refractivity contribution is 1.10. The molecular weight excluding hydrogens is 360 g/mol. The van der Waals surface area contributed by atoms with Crippen molar-refractivity contribution in [1.82, 2.24) is 25.1 Å². The van der Waals surface area contributed by atoms with E-state index in [-0.39, 0.29) is 0 Å². The number of halogens is 1. The van der Waals surface area contributed by atoms with Crippen molar-refractivity contribution in [2.75, 3.05) is 5.32 Å². The van der Waals surface area contributed by atoms with Crippen molar-refractivity contribution in [2.24, 2.45) is 0 Å². The number of pyridine rings is 2.